The summed E-state index contributed by atoms with van der Waals surface area (Å²) in [6.07, 6.45) is 1.30. The van der Waals surface area contributed by atoms with Crippen LogP contribution in [0.25, 0.3) is 0 Å². The number of rotatable bonds is 4. The minimum absolute atomic E-state index is 0.0300. The number of aromatic nitrogens is 1. The second kappa shape index (κ2) is 6.45. The van der Waals surface area contributed by atoms with Crippen LogP contribution in [0, 0.1) is 0 Å². The fourth-order valence-corrected chi connectivity index (χ4v) is 1.91. The molecule has 0 unspecified atom stereocenters. The molecular formula is C15H15ClN2O3. The lowest BCUT2D eigenvalue weighted by molar-refractivity contribution is 0.102. The molecule has 0 bridgehead atoms. The van der Waals surface area contributed by atoms with Gasteiger partial charge in [0.25, 0.3) is 11.5 Å². The van der Waals surface area contributed by atoms with Crippen LogP contribution in [0.3, 0.4) is 0 Å². The highest BCUT2D eigenvalue weighted by Gasteiger charge is 2.14. The van der Waals surface area contributed by atoms with Gasteiger partial charge in [0, 0.05) is 6.20 Å². The lowest BCUT2D eigenvalue weighted by Crippen LogP contribution is -2.23. The third-order valence-electron chi connectivity index (χ3n) is 2.61. The molecule has 1 aromatic carbocycles. The highest BCUT2D eigenvalue weighted by Crippen LogP contribution is 2.25. The molecule has 2 aromatic rings. The van der Waals surface area contributed by atoms with Crippen LogP contribution >= 0.6 is 11.6 Å². The molecule has 0 aliphatic rings. The Bertz CT molecular complexity index is 710. The maximum absolute atomic E-state index is 12.2. The second-order valence-corrected chi connectivity index (χ2v) is 5.11. The van der Waals surface area contributed by atoms with Crippen LogP contribution < -0.4 is 15.6 Å². The first-order chi connectivity index (χ1) is 9.97. The van der Waals surface area contributed by atoms with Gasteiger partial charge >= 0.3 is 0 Å². The van der Waals surface area contributed by atoms with Gasteiger partial charge in [0.1, 0.15) is 11.3 Å². The van der Waals surface area contributed by atoms with Crippen molar-refractivity contribution >= 4 is 23.2 Å². The van der Waals surface area contributed by atoms with Crippen molar-refractivity contribution in [1.82, 2.24) is 4.98 Å². The lowest BCUT2D eigenvalue weighted by atomic mass is 10.2. The van der Waals surface area contributed by atoms with Gasteiger partial charge < -0.3 is 15.0 Å². The molecule has 0 saturated heterocycles. The lowest BCUT2D eigenvalue weighted by Gasteiger charge is -2.14. The van der Waals surface area contributed by atoms with Crippen molar-refractivity contribution in [3.05, 3.63) is 57.5 Å². The summed E-state index contributed by atoms with van der Waals surface area (Å²) in [5.74, 6) is -0.00198. The number of aromatic amines is 1. The van der Waals surface area contributed by atoms with E-state index in [4.69, 9.17) is 16.3 Å². The molecule has 0 radical (unpaired) electrons. The molecule has 0 spiro atoms. The molecule has 0 saturated carbocycles. The number of hydrogen-bond acceptors (Lipinski definition) is 3. The van der Waals surface area contributed by atoms with Crippen LogP contribution in [0.1, 0.15) is 24.2 Å². The molecule has 21 heavy (non-hydrogen) atoms. The number of pyridine rings is 1. The summed E-state index contributed by atoms with van der Waals surface area (Å²) >= 11 is 5.79. The summed E-state index contributed by atoms with van der Waals surface area (Å²) in [4.78, 5) is 26.2. The molecule has 0 atom stereocenters. The molecule has 0 aliphatic heterocycles. The van der Waals surface area contributed by atoms with Gasteiger partial charge in [0.05, 0.1) is 16.8 Å². The van der Waals surface area contributed by atoms with E-state index in [1.165, 1.54) is 12.3 Å². The number of carbonyl (C=O) groups excluding carboxylic acids is 1. The summed E-state index contributed by atoms with van der Waals surface area (Å²) in [6.45, 7) is 3.78. The van der Waals surface area contributed by atoms with Gasteiger partial charge in [-0.15, -0.1) is 0 Å². The van der Waals surface area contributed by atoms with Gasteiger partial charge in [-0.25, -0.2) is 0 Å². The number of hydrogen-bond donors (Lipinski definition) is 2. The predicted molar refractivity (Wildman–Crippen MR) is 82.2 cm³/mol. The van der Waals surface area contributed by atoms with Gasteiger partial charge in [-0.1, -0.05) is 23.7 Å². The first kappa shape index (κ1) is 15.1. The van der Waals surface area contributed by atoms with Gasteiger partial charge in [0.15, 0.2) is 0 Å². The Morgan fingerprint density at radius 1 is 1.33 bits per heavy atom. The summed E-state index contributed by atoms with van der Waals surface area (Å²) in [5, 5.41) is 2.94. The van der Waals surface area contributed by atoms with Gasteiger partial charge in [-0.2, -0.15) is 0 Å². The number of anilines is 1. The Morgan fingerprint density at radius 2 is 2.05 bits per heavy atom. The SMILES string of the molecule is CC(C)Oc1ccccc1NC(=O)c1cc(Cl)c[nH]c1=O. The third kappa shape index (κ3) is 3.86. The van der Waals surface area contributed by atoms with Crippen molar-refractivity contribution in [2.75, 3.05) is 5.32 Å². The zero-order valence-corrected chi connectivity index (χ0v) is 12.4. The molecule has 2 N–H and O–H groups in total. The monoisotopic (exact) mass is 306 g/mol. The van der Waals surface area contributed by atoms with Crippen LogP contribution in [-0.4, -0.2) is 17.0 Å². The van der Waals surface area contributed by atoms with Crippen molar-refractivity contribution in [1.29, 1.82) is 0 Å². The molecular weight excluding hydrogens is 292 g/mol. The predicted octanol–water partition coefficient (Wildman–Crippen LogP) is 3.07. The quantitative estimate of drug-likeness (QED) is 0.912. The van der Waals surface area contributed by atoms with E-state index in [-0.39, 0.29) is 16.7 Å². The maximum atomic E-state index is 12.2. The van der Waals surface area contributed by atoms with Gasteiger partial charge in [0.2, 0.25) is 0 Å². The average Bonchev–Trinajstić information content (AvgIpc) is 2.43. The Morgan fingerprint density at radius 3 is 2.76 bits per heavy atom. The largest absolute Gasteiger partial charge is 0.489 e. The highest BCUT2D eigenvalue weighted by molar-refractivity contribution is 6.30. The number of benzene rings is 1. The van der Waals surface area contributed by atoms with E-state index in [9.17, 15) is 9.59 Å². The normalized spacial score (nSPS) is 10.5. The number of amides is 1. The standard InChI is InChI=1S/C15H15ClN2O3/c1-9(2)21-13-6-4-3-5-12(13)18-15(20)11-7-10(16)8-17-14(11)19/h3-9H,1-2H3,(H,17,19)(H,18,20). The highest BCUT2D eigenvalue weighted by atomic mass is 35.5. The summed E-state index contributed by atoms with van der Waals surface area (Å²) in [6, 6.07) is 8.35. The Labute approximate surface area is 126 Å². The molecule has 1 aromatic heterocycles. The first-order valence-electron chi connectivity index (χ1n) is 6.42. The van der Waals surface area contributed by atoms with Gasteiger partial charge in [-0.3, -0.25) is 9.59 Å². The topological polar surface area (TPSA) is 71.2 Å². The Balaban J connectivity index is 2.28. The number of halogens is 1. The third-order valence-corrected chi connectivity index (χ3v) is 2.83. The van der Waals surface area contributed by atoms with E-state index in [1.54, 1.807) is 24.3 Å². The number of ether oxygens (including phenoxy) is 1. The van der Waals surface area contributed by atoms with Crippen molar-refractivity contribution in [2.24, 2.45) is 0 Å². The first-order valence-corrected chi connectivity index (χ1v) is 6.80. The Kier molecular flexibility index (Phi) is 4.65. The van der Waals surface area contributed by atoms with Crippen LogP contribution in [0.4, 0.5) is 5.69 Å². The molecule has 110 valence electrons. The molecule has 1 amide bonds. The maximum Gasteiger partial charge on any atom is 0.261 e. The van der Waals surface area contributed by atoms with Crippen molar-refractivity contribution < 1.29 is 9.53 Å². The zero-order valence-electron chi connectivity index (χ0n) is 11.6. The van der Waals surface area contributed by atoms with Crippen molar-refractivity contribution in [3.63, 3.8) is 0 Å². The van der Waals surface area contributed by atoms with Crippen LogP contribution in [0.2, 0.25) is 5.02 Å². The molecule has 0 aliphatic carbocycles. The smallest absolute Gasteiger partial charge is 0.261 e. The van der Waals surface area contributed by atoms with Crippen LogP contribution in [0.5, 0.6) is 5.75 Å². The number of carbonyl (C=O) groups is 1. The number of H-pyrrole nitrogens is 1. The fraction of sp³-hybridized carbons (Fsp3) is 0.200. The van der Waals surface area contributed by atoms with E-state index in [0.29, 0.717) is 11.4 Å². The summed E-state index contributed by atoms with van der Waals surface area (Å²) in [7, 11) is 0. The molecule has 5 nitrogen and oxygen atoms in total. The van der Waals surface area contributed by atoms with Crippen LogP contribution in [-0.2, 0) is 0 Å². The second-order valence-electron chi connectivity index (χ2n) is 4.68. The van der Waals surface area contributed by atoms with Crippen molar-refractivity contribution in [3.8, 4) is 5.75 Å². The molecule has 1 heterocycles. The zero-order chi connectivity index (χ0) is 15.4. The Hall–Kier alpha value is -2.27. The van der Waals surface area contributed by atoms with E-state index in [1.807, 2.05) is 13.8 Å². The van der Waals surface area contributed by atoms with E-state index < -0.39 is 11.5 Å². The van der Waals surface area contributed by atoms with Gasteiger partial charge in [-0.05, 0) is 32.0 Å². The van der Waals surface area contributed by atoms with Crippen LogP contribution in [0.15, 0.2) is 41.3 Å². The van der Waals surface area contributed by atoms with E-state index in [2.05, 4.69) is 10.3 Å². The summed E-state index contributed by atoms with van der Waals surface area (Å²) < 4.78 is 5.61. The molecule has 2 rings (SSSR count). The summed E-state index contributed by atoms with van der Waals surface area (Å²) in [5.41, 5.74) is -0.0587. The van der Waals surface area contributed by atoms with E-state index in [0.717, 1.165) is 0 Å². The van der Waals surface area contributed by atoms with E-state index >= 15 is 0 Å². The minimum atomic E-state index is -0.543. The molecule has 0 fully saturated rings. The van der Waals surface area contributed by atoms with Crippen molar-refractivity contribution in [2.45, 2.75) is 20.0 Å². The fourth-order valence-electron chi connectivity index (χ4n) is 1.74. The number of para-hydroxylation sites is 2. The molecule has 6 heteroatoms. The minimum Gasteiger partial charge on any atom is -0.489 e. The number of nitrogens with one attached hydrogen (secondary N) is 2. The average molecular weight is 307 g/mol.